The van der Waals surface area contributed by atoms with Gasteiger partial charge in [0.05, 0.1) is 11.9 Å². The van der Waals surface area contributed by atoms with Gasteiger partial charge in [0.1, 0.15) is 10.6 Å². The summed E-state index contributed by atoms with van der Waals surface area (Å²) < 4.78 is 40.7. The summed E-state index contributed by atoms with van der Waals surface area (Å²) in [6.07, 6.45) is -1.53. The average Bonchev–Trinajstić information content (AvgIpc) is 3.45. The van der Waals surface area contributed by atoms with E-state index in [1.807, 2.05) is 4.90 Å². The molecule has 1 atom stereocenters. The number of aryl methyl sites for hydroxylation is 1. The minimum atomic E-state index is -4.51. The quantitative estimate of drug-likeness (QED) is 0.616. The molecule has 2 N–H and O–H groups in total. The summed E-state index contributed by atoms with van der Waals surface area (Å²) in [5.41, 5.74) is 0. The highest BCUT2D eigenvalue weighted by Crippen LogP contribution is 2.35. The molecule has 1 saturated heterocycles. The van der Waals surface area contributed by atoms with E-state index in [0.29, 0.717) is 18.3 Å². The van der Waals surface area contributed by atoms with Crippen molar-refractivity contribution in [2.75, 3.05) is 29.9 Å². The summed E-state index contributed by atoms with van der Waals surface area (Å²) in [5.74, 6) is 0.652. The SMILES string of the molecule is CCCc1cc2c(N3CCn4c(nnc4C(F)(F)F)C3)nc(N[C@H]3CCNC3)nc2s1. The molecule has 0 bridgehead atoms. The lowest BCUT2D eigenvalue weighted by molar-refractivity contribution is -0.147. The molecule has 2 aliphatic heterocycles. The highest BCUT2D eigenvalue weighted by Gasteiger charge is 2.39. The number of hydrogen-bond donors (Lipinski definition) is 2. The minimum Gasteiger partial charge on any atom is -0.350 e. The van der Waals surface area contributed by atoms with Gasteiger partial charge >= 0.3 is 6.18 Å². The van der Waals surface area contributed by atoms with E-state index in [0.717, 1.165) is 53.0 Å². The second-order valence-corrected chi connectivity index (χ2v) is 9.01. The summed E-state index contributed by atoms with van der Waals surface area (Å²) >= 11 is 1.65. The Morgan fingerprint density at radius 3 is 2.87 bits per heavy atom. The predicted molar refractivity (Wildman–Crippen MR) is 112 cm³/mol. The van der Waals surface area contributed by atoms with Gasteiger partial charge in [-0.15, -0.1) is 21.5 Å². The molecule has 8 nitrogen and oxygen atoms in total. The zero-order valence-electron chi connectivity index (χ0n) is 17.0. The molecule has 5 rings (SSSR count). The van der Waals surface area contributed by atoms with Crippen LogP contribution in [0, 0.1) is 0 Å². The third kappa shape index (κ3) is 3.93. The molecule has 1 fully saturated rings. The Hall–Kier alpha value is -2.47. The fourth-order valence-electron chi connectivity index (χ4n) is 4.14. The maximum absolute atomic E-state index is 13.2. The van der Waals surface area contributed by atoms with Gasteiger partial charge in [0.2, 0.25) is 11.8 Å². The van der Waals surface area contributed by atoms with Gasteiger partial charge in [-0.25, -0.2) is 4.98 Å². The van der Waals surface area contributed by atoms with Crippen molar-refractivity contribution < 1.29 is 13.2 Å². The Morgan fingerprint density at radius 1 is 1.26 bits per heavy atom. The standard InChI is InChI=1S/C19H23F3N8S/c1-2-3-12-8-13-15(25-18(26-16(13)31-12)24-11-4-5-23-9-11)29-6-7-30-14(10-29)27-28-17(30)19(20,21)22/h8,11,23H,2-7,9-10H2,1H3,(H,24,25,26)/t11-/m0/s1. The van der Waals surface area contributed by atoms with Crippen LogP contribution in [0.1, 0.15) is 36.3 Å². The highest BCUT2D eigenvalue weighted by molar-refractivity contribution is 7.18. The largest absolute Gasteiger partial charge is 0.451 e. The van der Waals surface area contributed by atoms with Crippen LogP contribution >= 0.6 is 11.3 Å². The number of nitrogens with zero attached hydrogens (tertiary/aromatic N) is 6. The van der Waals surface area contributed by atoms with Gasteiger partial charge < -0.3 is 20.1 Å². The Morgan fingerprint density at radius 2 is 2.13 bits per heavy atom. The van der Waals surface area contributed by atoms with Crippen LogP contribution in [0.25, 0.3) is 10.2 Å². The van der Waals surface area contributed by atoms with E-state index in [-0.39, 0.29) is 19.1 Å². The molecule has 5 heterocycles. The summed E-state index contributed by atoms with van der Waals surface area (Å²) in [5, 5.41) is 14.9. The molecule has 0 saturated carbocycles. The number of aromatic nitrogens is 5. The van der Waals surface area contributed by atoms with E-state index in [1.165, 1.54) is 4.88 Å². The van der Waals surface area contributed by atoms with Crippen LogP contribution in [-0.2, 0) is 25.7 Å². The highest BCUT2D eigenvalue weighted by atomic mass is 32.1. The summed E-state index contributed by atoms with van der Waals surface area (Å²) in [4.78, 5) is 13.6. The topological polar surface area (TPSA) is 83.8 Å². The Balaban J connectivity index is 1.51. The zero-order chi connectivity index (χ0) is 21.6. The van der Waals surface area contributed by atoms with E-state index in [9.17, 15) is 13.2 Å². The Bertz CT molecular complexity index is 1090. The van der Waals surface area contributed by atoms with Crippen LogP contribution in [0.2, 0.25) is 0 Å². The number of anilines is 2. The molecule has 12 heteroatoms. The van der Waals surface area contributed by atoms with Crippen LogP contribution in [0.15, 0.2) is 6.07 Å². The molecule has 166 valence electrons. The van der Waals surface area contributed by atoms with E-state index < -0.39 is 12.0 Å². The normalized spacial score (nSPS) is 19.2. The maximum atomic E-state index is 13.2. The predicted octanol–water partition coefficient (Wildman–Crippen LogP) is 3.05. The van der Waals surface area contributed by atoms with Gasteiger partial charge in [-0.3, -0.25) is 0 Å². The molecule has 0 amide bonds. The molecular formula is C19H23F3N8S. The number of rotatable bonds is 5. The fraction of sp³-hybridized carbons (Fsp3) is 0.579. The smallest absolute Gasteiger partial charge is 0.350 e. The van der Waals surface area contributed by atoms with E-state index in [4.69, 9.17) is 9.97 Å². The van der Waals surface area contributed by atoms with E-state index in [2.05, 4.69) is 33.8 Å². The average molecular weight is 453 g/mol. The number of hydrogen-bond acceptors (Lipinski definition) is 8. The first-order chi connectivity index (χ1) is 14.9. The number of nitrogens with one attached hydrogen (secondary N) is 2. The van der Waals surface area contributed by atoms with Crippen LogP contribution in [0.3, 0.4) is 0 Å². The van der Waals surface area contributed by atoms with Gasteiger partial charge in [0.15, 0.2) is 5.82 Å². The van der Waals surface area contributed by atoms with Crippen LogP contribution in [0.4, 0.5) is 24.9 Å². The second-order valence-electron chi connectivity index (χ2n) is 7.90. The van der Waals surface area contributed by atoms with Gasteiger partial charge in [0, 0.05) is 30.6 Å². The molecular weight excluding hydrogens is 429 g/mol. The van der Waals surface area contributed by atoms with E-state index in [1.54, 1.807) is 11.3 Å². The molecule has 0 unspecified atom stereocenters. The van der Waals surface area contributed by atoms with Gasteiger partial charge in [-0.05, 0) is 25.5 Å². The first-order valence-corrected chi connectivity index (χ1v) is 11.3. The van der Waals surface area contributed by atoms with Crippen molar-refractivity contribution in [3.8, 4) is 0 Å². The van der Waals surface area contributed by atoms with Crippen molar-refractivity contribution in [1.29, 1.82) is 0 Å². The van der Waals surface area contributed by atoms with Crippen molar-refractivity contribution in [1.82, 2.24) is 30.0 Å². The molecule has 0 radical (unpaired) electrons. The number of thiophene rings is 1. The third-order valence-electron chi connectivity index (χ3n) is 5.62. The Labute approximate surface area is 180 Å². The molecule has 3 aromatic heterocycles. The van der Waals surface area contributed by atoms with Crippen LogP contribution < -0.4 is 15.5 Å². The lowest BCUT2D eigenvalue weighted by Crippen LogP contribution is -2.36. The maximum Gasteiger partial charge on any atom is 0.451 e. The van der Waals surface area contributed by atoms with Gasteiger partial charge in [0.25, 0.3) is 0 Å². The third-order valence-corrected chi connectivity index (χ3v) is 6.71. The van der Waals surface area contributed by atoms with Crippen LogP contribution in [0.5, 0.6) is 0 Å². The van der Waals surface area contributed by atoms with Gasteiger partial charge in [-0.2, -0.15) is 18.2 Å². The number of halogens is 3. The molecule has 31 heavy (non-hydrogen) atoms. The van der Waals surface area contributed by atoms with Crippen molar-refractivity contribution in [2.45, 2.75) is 51.5 Å². The fourth-order valence-corrected chi connectivity index (χ4v) is 5.26. The number of alkyl halides is 3. The lowest BCUT2D eigenvalue weighted by Gasteiger charge is -2.29. The Kier molecular flexibility index (Phi) is 5.21. The van der Waals surface area contributed by atoms with E-state index >= 15 is 0 Å². The molecule has 0 aliphatic carbocycles. The van der Waals surface area contributed by atoms with Gasteiger partial charge in [-0.1, -0.05) is 13.3 Å². The van der Waals surface area contributed by atoms with Crippen molar-refractivity contribution in [3.63, 3.8) is 0 Å². The summed E-state index contributed by atoms with van der Waals surface area (Å²) in [6.45, 7) is 4.71. The van der Waals surface area contributed by atoms with Crippen molar-refractivity contribution in [2.24, 2.45) is 0 Å². The first kappa shape index (κ1) is 20.4. The minimum absolute atomic E-state index is 0.157. The summed E-state index contributed by atoms with van der Waals surface area (Å²) in [6, 6.07) is 2.37. The first-order valence-electron chi connectivity index (χ1n) is 10.4. The summed E-state index contributed by atoms with van der Waals surface area (Å²) in [7, 11) is 0. The zero-order valence-corrected chi connectivity index (χ0v) is 17.9. The van der Waals surface area contributed by atoms with Crippen molar-refractivity contribution >= 4 is 33.3 Å². The molecule has 0 spiro atoms. The van der Waals surface area contributed by atoms with Crippen LogP contribution in [-0.4, -0.2) is 50.4 Å². The van der Waals surface area contributed by atoms with Crippen molar-refractivity contribution in [3.05, 3.63) is 22.6 Å². The number of fused-ring (bicyclic) bond motifs is 2. The lowest BCUT2D eigenvalue weighted by atomic mass is 10.2. The second kappa shape index (κ2) is 7.90. The molecule has 3 aromatic rings. The monoisotopic (exact) mass is 452 g/mol. The molecule has 2 aliphatic rings. The molecule has 0 aromatic carbocycles.